The van der Waals surface area contributed by atoms with Crippen molar-refractivity contribution >= 4 is 23.5 Å². The minimum Gasteiger partial charge on any atom is -0.505 e. The van der Waals surface area contributed by atoms with Gasteiger partial charge in [-0.1, -0.05) is 6.07 Å². The van der Waals surface area contributed by atoms with E-state index in [0.29, 0.717) is 28.9 Å². The average Bonchev–Trinajstić information content (AvgIpc) is 3.02. The molecule has 124 valence electrons. The number of pyridine rings is 1. The van der Waals surface area contributed by atoms with Crippen molar-refractivity contribution in [3.8, 4) is 5.75 Å². The van der Waals surface area contributed by atoms with Gasteiger partial charge >= 0.3 is 0 Å². The van der Waals surface area contributed by atoms with Crippen molar-refractivity contribution < 1.29 is 15.0 Å². The number of anilines is 1. The van der Waals surface area contributed by atoms with Gasteiger partial charge in [-0.3, -0.25) is 14.8 Å². The van der Waals surface area contributed by atoms with Crippen LogP contribution in [0.1, 0.15) is 29.7 Å². The fourth-order valence-corrected chi connectivity index (χ4v) is 2.72. The molecule has 2 heterocycles. The summed E-state index contributed by atoms with van der Waals surface area (Å²) in [7, 11) is 0. The number of aliphatic imine (C=N–C) groups is 1. The maximum absolute atomic E-state index is 11.9. The predicted octanol–water partition coefficient (Wildman–Crippen LogP) is 2.47. The van der Waals surface area contributed by atoms with Crippen LogP contribution < -0.4 is 4.90 Å². The molecule has 1 aliphatic heterocycles. The Kier molecular flexibility index (Phi) is 4.57. The second-order valence-electron chi connectivity index (χ2n) is 5.72. The second-order valence-corrected chi connectivity index (χ2v) is 5.72. The number of rotatable bonds is 4. The lowest BCUT2D eigenvalue weighted by atomic mass is 10.1. The van der Waals surface area contributed by atoms with Crippen LogP contribution in [0.4, 0.5) is 11.4 Å². The molecule has 1 aromatic carbocycles. The molecule has 24 heavy (non-hydrogen) atoms. The van der Waals surface area contributed by atoms with Crippen molar-refractivity contribution in [2.45, 2.75) is 26.4 Å². The van der Waals surface area contributed by atoms with Crippen molar-refractivity contribution in [3.05, 3.63) is 47.3 Å². The number of amides is 1. The van der Waals surface area contributed by atoms with E-state index >= 15 is 0 Å². The summed E-state index contributed by atoms with van der Waals surface area (Å²) < 4.78 is 0. The first-order chi connectivity index (χ1) is 11.6. The molecule has 0 unspecified atom stereocenters. The lowest BCUT2D eigenvalue weighted by Crippen LogP contribution is -2.23. The van der Waals surface area contributed by atoms with Crippen molar-refractivity contribution in [2.24, 2.45) is 4.99 Å². The van der Waals surface area contributed by atoms with Gasteiger partial charge in [-0.05, 0) is 31.5 Å². The summed E-state index contributed by atoms with van der Waals surface area (Å²) in [5, 5.41) is 19.5. The topological polar surface area (TPSA) is 86.0 Å². The van der Waals surface area contributed by atoms with Gasteiger partial charge in [-0.15, -0.1) is 0 Å². The lowest BCUT2D eigenvalue weighted by Gasteiger charge is -2.15. The smallest absolute Gasteiger partial charge is 0.227 e. The lowest BCUT2D eigenvalue weighted by molar-refractivity contribution is -0.117. The Bertz CT molecular complexity index is 802. The van der Waals surface area contributed by atoms with Crippen LogP contribution in [0.25, 0.3) is 0 Å². The molecular formula is C18H19N3O3. The number of aryl methyl sites for hydroxylation is 1. The SMILES string of the molecule is Cc1ncc(CO)c(C=Nc2cccc(N3CCCC3=O)c2)c1O. The van der Waals surface area contributed by atoms with Crippen LogP contribution in [0.2, 0.25) is 0 Å². The number of carbonyl (C=O) groups is 1. The Morgan fingerprint density at radius 1 is 1.42 bits per heavy atom. The summed E-state index contributed by atoms with van der Waals surface area (Å²) in [4.78, 5) is 22.0. The standard InChI is InChI=1S/C18H19N3O3/c1-12-18(24)16(13(11-22)9-19-12)10-20-14-4-2-5-15(8-14)21-7-3-6-17(21)23/h2,4-5,8-10,22,24H,3,6-7,11H2,1H3. The zero-order valence-corrected chi connectivity index (χ0v) is 13.4. The second kappa shape index (κ2) is 6.80. The molecule has 1 fully saturated rings. The largest absolute Gasteiger partial charge is 0.505 e. The van der Waals surface area contributed by atoms with E-state index in [2.05, 4.69) is 9.98 Å². The zero-order chi connectivity index (χ0) is 17.1. The van der Waals surface area contributed by atoms with E-state index in [-0.39, 0.29) is 18.3 Å². The molecule has 6 nitrogen and oxygen atoms in total. The molecule has 0 spiro atoms. The van der Waals surface area contributed by atoms with E-state index in [1.807, 2.05) is 24.3 Å². The van der Waals surface area contributed by atoms with Gasteiger partial charge in [0.15, 0.2) is 0 Å². The number of aliphatic hydroxyl groups excluding tert-OH is 1. The molecule has 0 atom stereocenters. The Morgan fingerprint density at radius 3 is 2.96 bits per heavy atom. The van der Waals surface area contributed by atoms with Crippen LogP contribution in [0.15, 0.2) is 35.5 Å². The van der Waals surface area contributed by atoms with Crippen LogP contribution in [0.3, 0.4) is 0 Å². The molecule has 0 saturated carbocycles. The van der Waals surface area contributed by atoms with Gasteiger partial charge in [-0.2, -0.15) is 0 Å². The van der Waals surface area contributed by atoms with E-state index in [4.69, 9.17) is 0 Å². The van der Waals surface area contributed by atoms with Crippen LogP contribution in [-0.4, -0.2) is 33.9 Å². The van der Waals surface area contributed by atoms with Crippen LogP contribution >= 0.6 is 0 Å². The summed E-state index contributed by atoms with van der Waals surface area (Å²) in [6.45, 7) is 2.18. The monoisotopic (exact) mass is 325 g/mol. The Morgan fingerprint density at radius 2 is 2.25 bits per heavy atom. The van der Waals surface area contributed by atoms with Gasteiger partial charge in [0.2, 0.25) is 5.91 Å². The summed E-state index contributed by atoms with van der Waals surface area (Å²) in [5.74, 6) is 0.136. The molecule has 1 aromatic heterocycles. The minimum absolute atomic E-state index is 0.0103. The first-order valence-electron chi connectivity index (χ1n) is 7.83. The highest BCUT2D eigenvalue weighted by Gasteiger charge is 2.21. The van der Waals surface area contributed by atoms with Crippen molar-refractivity contribution in [1.82, 2.24) is 4.98 Å². The maximum atomic E-state index is 11.9. The summed E-state index contributed by atoms with van der Waals surface area (Å²) >= 11 is 0. The fourth-order valence-electron chi connectivity index (χ4n) is 2.72. The number of hydrogen-bond acceptors (Lipinski definition) is 5. The van der Waals surface area contributed by atoms with E-state index in [9.17, 15) is 15.0 Å². The highest BCUT2D eigenvalue weighted by atomic mass is 16.3. The number of carbonyl (C=O) groups excluding carboxylic acids is 1. The third-order valence-corrected chi connectivity index (χ3v) is 4.09. The number of aromatic nitrogens is 1. The number of nitrogens with zero attached hydrogens (tertiary/aromatic N) is 3. The number of hydrogen-bond donors (Lipinski definition) is 2. The fraction of sp³-hybridized carbons (Fsp3) is 0.278. The summed E-state index contributed by atoms with van der Waals surface area (Å²) in [5.41, 5.74) is 2.93. The molecule has 0 aliphatic carbocycles. The van der Waals surface area contributed by atoms with Crippen LogP contribution in [0.5, 0.6) is 5.75 Å². The van der Waals surface area contributed by atoms with Gasteiger partial charge in [0.25, 0.3) is 0 Å². The van der Waals surface area contributed by atoms with Crippen molar-refractivity contribution in [2.75, 3.05) is 11.4 Å². The number of aromatic hydroxyl groups is 1. The van der Waals surface area contributed by atoms with Gasteiger partial charge in [0, 0.05) is 42.2 Å². The first kappa shape index (κ1) is 16.1. The zero-order valence-electron chi connectivity index (χ0n) is 13.4. The van der Waals surface area contributed by atoms with E-state index in [0.717, 1.165) is 18.7 Å². The van der Waals surface area contributed by atoms with Crippen LogP contribution in [-0.2, 0) is 11.4 Å². The average molecular weight is 325 g/mol. The molecule has 6 heteroatoms. The van der Waals surface area contributed by atoms with Gasteiger partial charge in [0.1, 0.15) is 5.75 Å². The normalized spacial score (nSPS) is 14.8. The van der Waals surface area contributed by atoms with E-state index in [1.165, 1.54) is 12.4 Å². The molecule has 1 amide bonds. The molecule has 2 N–H and O–H groups in total. The molecule has 1 saturated heterocycles. The molecule has 2 aromatic rings. The van der Waals surface area contributed by atoms with Gasteiger partial charge in [-0.25, -0.2) is 0 Å². The van der Waals surface area contributed by atoms with E-state index in [1.54, 1.807) is 11.8 Å². The molecular weight excluding hydrogens is 306 g/mol. The number of benzene rings is 1. The van der Waals surface area contributed by atoms with Crippen LogP contribution in [0, 0.1) is 6.92 Å². The Hall–Kier alpha value is -2.73. The summed E-state index contributed by atoms with van der Waals surface area (Å²) in [6.07, 6.45) is 4.49. The van der Waals surface area contributed by atoms with Crippen molar-refractivity contribution in [1.29, 1.82) is 0 Å². The molecule has 1 aliphatic rings. The highest BCUT2D eigenvalue weighted by molar-refractivity contribution is 5.96. The third kappa shape index (κ3) is 3.14. The van der Waals surface area contributed by atoms with Gasteiger partial charge < -0.3 is 15.1 Å². The van der Waals surface area contributed by atoms with Crippen molar-refractivity contribution in [3.63, 3.8) is 0 Å². The quantitative estimate of drug-likeness (QED) is 0.846. The first-order valence-corrected chi connectivity index (χ1v) is 7.83. The number of aliphatic hydroxyl groups is 1. The third-order valence-electron chi connectivity index (χ3n) is 4.09. The molecule has 0 radical (unpaired) electrons. The van der Waals surface area contributed by atoms with E-state index < -0.39 is 0 Å². The molecule has 3 rings (SSSR count). The minimum atomic E-state index is -0.232. The summed E-state index contributed by atoms with van der Waals surface area (Å²) in [6, 6.07) is 7.39. The highest BCUT2D eigenvalue weighted by Crippen LogP contribution is 2.27. The predicted molar refractivity (Wildman–Crippen MR) is 91.8 cm³/mol. The Labute approximate surface area is 140 Å². The van der Waals surface area contributed by atoms with Gasteiger partial charge in [0.05, 0.1) is 18.0 Å². The maximum Gasteiger partial charge on any atom is 0.227 e. The molecule has 0 bridgehead atoms. The Balaban J connectivity index is 1.90.